The third-order valence-corrected chi connectivity index (χ3v) is 4.93. The summed E-state index contributed by atoms with van der Waals surface area (Å²) in [4.78, 5) is 39.8. The summed E-state index contributed by atoms with van der Waals surface area (Å²) in [6.07, 6.45) is 2.45. The highest BCUT2D eigenvalue weighted by Gasteiger charge is 2.38. The summed E-state index contributed by atoms with van der Waals surface area (Å²) < 4.78 is 0. The van der Waals surface area contributed by atoms with Gasteiger partial charge in [0.15, 0.2) is 0 Å². The number of anilines is 1. The number of hydrogen-bond acceptors (Lipinski definition) is 4. The van der Waals surface area contributed by atoms with E-state index in [-0.39, 0.29) is 24.3 Å². The van der Waals surface area contributed by atoms with Gasteiger partial charge in [-0.15, -0.1) is 0 Å². The van der Waals surface area contributed by atoms with E-state index in [1.165, 1.54) is 10.6 Å². The Labute approximate surface area is 153 Å². The monoisotopic (exact) mass is 358 g/mol. The molecule has 7 nitrogen and oxygen atoms in total. The quantitative estimate of drug-likeness (QED) is 0.755. The summed E-state index contributed by atoms with van der Waals surface area (Å²) in [7, 11) is 0. The zero-order chi connectivity index (χ0) is 18.5. The second-order valence-electron chi connectivity index (χ2n) is 6.86. The molecular weight excluding hydrogens is 332 g/mol. The first-order chi connectivity index (χ1) is 12.6. The molecule has 3 rings (SSSR count). The Morgan fingerprint density at radius 3 is 2.54 bits per heavy atom. The highest BCUT2D eigenvalue weighted by molar-refractivity contribution is 6.05. The highest BCUT2D eigenvalue weighted by Crippen LogP contribution is 2.19. The molecule has 0 saturated carbocycles. The molecule has 0 unspecified atom stereocenters. The number of rotatable bonds is 6. The number of carbonyl (C=O) groups is 3. The van der Waals surface area contributed by atoms with Crippen LogP contribution in [-0.4, -0.2) is 54.5 Å². The van der Waals surface area contributed by atoms with Crippen molar-refractivity contribution < 1.29 is 14.4 Å². The van der Waals surface area contributed by atoms with Crippen LogP contribution in [0.1, 0.15) is 32.6 Å². The maximum Gasteiger partial charge on any atom is 0.324 e. The van der Waals surface area contributed by atoms with Gasteiger partial charge in [-0.3, -0.25) is 14.5 Å². The number of piperidine rings is 1. The number of para-hydroxylation sites is 1. The summed E-state index contributed by atoms with van der Waals surface area (Å²) in [5.74, 6) is -0.481. The van der Waals surface area contributed by atoms with Gasteiger partial charge in [-0.25, -0.2) is 4.79 Å². The van der Waals surface area contributed by atoms with Gasteiger partial charge in [-0.2, -0.15) is 0 Å². The predicted octanol–water partition coefficient (Wildman–Crippen LogP) is 1.49. The summed E-state index contributed by atoms with van der Waals surface area (Å²) in [6.45, 7) is 4.07. The first-order valence-electron chi connectivity index (χ1n) is 9.29. The smallest absolute Gasteiger partial charge is 0.324 e. The van der Waals surface area contributed by atoms with Crippen LogP contribution in [0.4, 0.5) is 10.5 Å². The number of hydrogen-bond donors (Lipinski definition) is 2. The summed E-state index contributed by atoms with van der Waals surface area (Å²) in [5, 5.41) is 5.62. The second kappa shape index (κ2) is 8.21. The van der Waals surface area contributed by atoms with Crippen LogP contribution in [0.15, 0.2) is 30.3 Å². The van der Waals surface area contributed by atoms with Gasteiger partial charge in [0.2, 0.25) is 5.91 Å². The molecule has 0 aromatic heterocycles. The molecule has 0 radical (unpaired) electrons. The van der Waals surface area contributed by atoms with Gasteiger partial charge < -0.3 is 15.5 Å². The number of amides is 4. The Hall–Kier alpha value is -2.57. The Kier molecular flexibility index (Phi) is 5.75. The van der Waals surface area contributed by atoms with Crippen molar-refractivity contribution in [3.8, 4) is 0 Å². The van der Waals surface area contributed by atoms with Crippen LogP contribution in [0, 0.1) is 0 Å². The minimum atomic E-state index is -0.738. The van der Waals surface area contributed by atoms with E-state index >= 15 is 0 Å². The molecule has 26 heavy (non-hydrogen) atoms. The number of imide groups is 1. The van der Waals surface area contributed by atoms with Crippen molar-refractivity contribution in [3.05, 3.63) is 30.3 Å². The largest absolute Gasteiger partial charge is 0.371 e. The molecule has 2 fully saturated rings. The van der Waals surface area contributed by atoms with E-state index in [0.717, 1.165) is 25.9 Å². The van der Waals surface area contributed by atoms with E-state index in [4.69, 9.17) is 0 Å². The zero-order valence-electron chi connectivity index (χ0n) is 15.1. The lowest BCUT2D eigenvalue weighted by atomic mass is 10.0. The number of nitrogens with zero attached hydrogens (tertiary/aromatic N) is 2. The summed E-state index contributed by atoms with van der Waals surface area (Å²) >= 11 is 0. The van der Waals surface area contributed by atoms with Crippen molar-refractivity contribution in [1.29, 1.82) is 0 Å². The van der Waals surface area contributed by atoms with Crippen LogP contribution < -0.4 is 15.5 Å². The number of nitrogens with one attached hydrogen (secondary N) is 2. The van der Waals surface area contributed by atoms with Gasteiger partial charge in [0.25, 0.3) is 5.91 Å². The van der Waals surface area contributed by atoms with E-state index in [2.05, 4.69) is 27.7 Å². The molecule has 140 valence electrons. The molecule has 4 amide bonds. The molecular formula is C19H26N4O3. The van der Waals surface area contributed by atoms with Crippen LogP contribution in [0.5, 0.6) is 0 Å². The lowest BCUT2D eigenvalue weighted by molar-refractivity contribution is -0.131. The lowest BCUT2D eigenvalue weighted by Crippen LogP contribution is -2.46. The average molecular weight is 358 g/mol. The Morgan fingerprint density at radius 2 is 1.88 bits per heavy atom. The highest BCUT2D eigenvalue weighted by atomic mass is 16.2. The molecule has 7 heteroatoms. The van der Waals surface area contributed by atoms with Crippen LogP contribution in [0.2, 0.25) is 0 Å². The Morgan fingerprint density at radius 1 is 1.19 bits per heavy atom. The van der Waals surface area contributed by atoms with E-state index in [1.54, 1.807) is 0 Å². The maximum absolute atomic E-state index is 12.3. The van der Waals surface area contributed by atoms with E-state index in [0.29, 0.717) is 13.0 Å². The summed E-state index contributed by atoms with van der Waals surface area (Å²) in [5.41, 5.74) is 1.20. The molecule has 0 spiro atoms. The normalized spacial score (nSPS) is 21.0. The average Bonchev–Trinajstić information content (AvgIpc) is 2.91. The number of benzene rings is 1. The topological polar surface area (TPSA) is 81.8 Å². The van der Waals surface area contributed by atoms with Crippen molar-refractivity contribution in [2.45, 2.75) is 44.7 Å². The van der Waals surface area contributed by atoms with E-state index in [1.807, 2.05) is 25.1 Å². The molecule has 2 heterocycles. The van der Waals surface area contributed by atoms with E-state index in [9.17, 15) is 14.4 Å². The third kappa shape index (κ3) is 4.15. The minimum Gasteiger partial charge on any atom is -0.371 e. The zero-order valence-corrected chi connectivity index (χ0v) is 15.1. The summed E-state index contributed by atoms with van der Waals surface area (Å²) in [6, 6.07) is 9.22. The predicted molar refractivity (Wildman–Crippen MR) is 98.8 cm³/mol. The third-order valence-electron chi connectivity index (χ3n) is 4.93. The van der Waals surface area contributed by atoms with Gasteiger partial charge in [-0.05, 0) is 31.4 Å². The van der Waals surface area contributed by atoms with Gasteiger partial charge in [-0.1, -0.05) is 25.1 Å². The molecule has 2 saturated heterocycles. The fourth-order valence-corrected chi connectivity index (χ4v) is 3.54. The fraction of sp³-hybridized carbons (Fsp3) is 0.526. The molecule has 2 aliphatic rings. The fourth-order valence-electron chi connectivity index (χ4n) is 3.54. The standard InChI is InChI=1S/C19H26N4O3/c1-2-10-23-18(25)16(21-19(23)26)13-17(24)20-14-8-11-22(12-9-14)15-6-4-3-5-7-15/h3-7,14,16H,2,8-13H2,1H3,(H,20,24)(H,21,26)/t16-/m1/s1. The second-order valence-corrected chi connectivity index (χ2v) is 6.86. The molecule has 2 N–H and O–H groups in total. The van der Waals surface area contributed by atoms with E-state index < -0.39 is 12.1 Å². The van der Waals surface area contributed by atoms with Crippen LogP contribution in [0.25, 0.3) is 0 Å². The Bertz CT molecular complexity index is 656. The SMILES string of the molecule is CCCN1C(=O)N[C@H](CC(=O)NC2CCN(c3ccccc3)CC2)C1=O. The van der Waals surface area contributed by atoms with Crippen molar-refractivity contribution in [2.24, 2.45) is 0 Å². The van der Waals surface area contributed by atoms with Gasteiger partial charge in [0, 0.05) is 31.4 Å². The molecule has 1 aromatic carbocycles. The van der Waals surface area contributed by atoms with Crippen molar-refractivity contribution in [2.75, 3.05) is 24.5 Å². The maximum atomic E-state index is 12.3. The van der Waals surface area contributed by atoms with Crippen molar-refractivity contribution >= 4 is 23.5 Å². The van der Waals surface area contributed by atoms with Crippen molar-refractivity contribution in [3.63, 3.8) is 0 Å². The van der Waals surface area contributed by atoms with Gasteiger partial charge in [0.1, 0.15) is 6.04 Å². The van der Waals surface area contributed by atoms with Gasteiger partial charge >= 0.3 is 6.03 Å². The van der Waals surface area contributed by atoms with Gasteiger partial charge in [0.05, 0.1) is 6.42 Å². The molecule has 0 aliphatic carbocycles. The lowest BCUT2D eigenvalue weighted by Gasteiger charge is -2.34. The first-order valence-corrected chi connectivity index (χ1v) is 9.29. The van der Waals surface area contributed by atoms with Crippen molar-refractivity contribution in [1.82, 2.24) is 15.5 Å². The Balaban J connectivity index is 1.45. The molecule has 0 bridgehead atoms. The van der Waals surface area contributed by atoms with Crippen LogP contribution >= 0.6 is 0 Å². The minimum absolute atomic E-state index is 0.00366. The first kappa shape index (κ1) is 18.2. The van der Waals surface area contributed by atoms with Crippen LogP contribution in [-0.2, 0) is 9.59 Å². The number of urea groups is 1. The van der Waals surface area contributed by atoms with Crippen LogP contribution in [0.3, 0.4) is 0 Å². The number of carbonyl (C=O) groups excluding carboxylic acids is 3. The molecule has 1 aromatic rings. The molecule has 1 atom stereocenters. The molecule has 2 aliphatic heterocycles.